The smallest absolute Gasteiger partial charge is 0.416 e. The van der Waals surface area contributed by atoms with Gasteiger partial charge in [-0.15, -0.1) is 11.8 Å². The van der Waals surface area contributed by atoms with Crippen molar-refractivity contribution in [3.63, 3.8) is 0 Å². The summed E-state index contributed by atoms with van der Waals surface area (Å²) < 4.78 is 43.7. The van der Waals surface area contributed by atoms with Gasteiger partial charge in [-0.1, -0.05) is 0 Å². The first kappa shape index (κ1) is 16.4. The van der Waals surface area contributed by atoms with E-state index in [1.54, 1.807) is 17.2 Å². The first-order valence-corrected chi connectivity index (χ1v) is 7.47. The maximum atomic E-state index is 12.7. The molecule has 8 heteroatoms. The molecule has 0 aliphatic heterocycles. The second kappa shape index (κ2) is 6.43. The molecule has 118 valence electrons. The van der Waals surface area contributed by atoms with Crippen LogP contribution in [0.15, 0.2) is 35.4 Å². The third kappa shape index (κ3) is 3.82. The lowest BCUT2D eigenvalue weighted by Gasteiger charge is -2.14. The molecule has 0 bridgehead atoms. The summed E-state index contributed by atoms with van der Waals surface area (Å²) in [5.41, 5.74) is -0.716. The maximum absolute atomic E-state index is 12.7. The first-order chi connectivity index (χ1) is 10.3. The summed E-state index contributed by atoms with van der Waals surface area (Å²) in [5, 5.41) is 0. The largest absolute Gasteiger partial charge is 0.423 e. The van der Waals surface area contributed by atoms with Crippen LogP contribution < -0.4 is 9.64 Å². The van der Waals surface area contributed by atoms with E-state index in [1.807, 2.05) is 14.1 Å². The summed E-state index contributed by atoms with van der Waals surface area (Å²) in [5.74, 6) is 0.930. The quantitative estimate of drug-likeness (QED) is 0.791. The summed E-state index contributed by atoms with van der Waals surface area (Å²) in [6.07, 6.45) is -1.18. The highest BCUT2D eigenvalue weighted by Gasteiger charge is 2.31. The molecular formula is C14H14F3N3OS. The predicted molar refractivity (Wildman–Crippen MR) is 79.7 cm³/mol. The van der Waals surface area contributed by atoms with Crippen molar-refractivity contribution in [3.05, 3.63) is 36.0 Å². The Kier molecular flexibility index (Phi) is 4.80. The third-order valence-electron chi connectivity index (χ3n) is 2.77. The van der Waals surface area contributed by atoms with Crippen LogP contribution >= 0.6 is 11.8 Å². The number of halogens is 3. The van der Waals surface area contributed by atoms with Crippen LogP contribution in [0.2, 0.25) is 0 Å². The Labute approximate surface area is 130 Å². The van der Waals surface area contributed by atoms with Gasteiger partial charge < -0.3 is 9.64 Å². The molecule has 0 radical (unpaired) electrons. The lowest BCUT2D eigenvalue weighted by Crippen LogP contribution is -2.11. The molecule has 0 fully saturated rings. The van der Waals surface area contributed by atoms with Crippen LogP contribution in [0.25, 0.3) is 0 Å². The Hall–Kier alpha value is -1.96. The van der Waals surface area contributed by atoms with E-state index in [0.29, 0.717) is 10.7 Å². The highest BCUT2D eigenvalue weighted by Crippen LogP contribution is 2.37. The van der Waals surface area contributed by atoms with Crippen LogP contribution in [0, 0.1) is 0 Å². The molecule has 1 heterocycles. The van der Waals surface area contributed by atoms with Gasteiger partial charge in [0.1, 0.15) is 11.6 Å². The summed E-state index contributed by atoms with van der Waals surface area (Å²) in [7, 11) is 3.63. The minimum absolute atomic E-state index is 0.0845. The maximum Gasteiger partial charge on any atom is 0.416 e. The number of rotatable bonds is 4. The molecular weight excluding hydrogens is 315 g/mol. The molecule has 1 aromatic heterocycles. The van der Waals surface area contributed by atoms with Crippen LogP contribution in [0.3, 0.4) is 0 Å². The normalized spacial score (nSPS) is 11.4. The molecule has 0 spiro atoms. The van der Waals surface area contributed by atoms with Gasteiger partial charge in [-0.05, 0) is 30.5 Å². The number of nitrogens with zero attached hydrogens (tertiary/aromatic N) is 3. The van der Waals surface area contributed by atoms with Crippen molar-refractivity contribution in [1.82, 2.24) is 9.97 Å². The van der Waals surface area contributed by atoms with Gasteiger partial charge in [-0.25, -0.2) is 4.98 Å². The number of alkyl halides is 3. The van der Waals surface area contributed by atoms with Crippen molar-refractivity contribution in [2.45, 2.75) is 11.1 Å². The minimum atomic E-state index is -4.38. The molecule has 0 aliphatic rings. The molecule has 1 aromatic carbocycles. The molecule has 0 saturated heterocycles. The molecule has 0 amide bonds. The van der Waals surface area contributed by atoms with Crippen molar-refractivity contribution >= 4 is 17.6 Å². The number of benzene rings is 1. The molecule has 2 aromatic rings. The number of hydrogen-bond donors (Lipinski definition) is 0. The highest BCUT2D eigenvalue weighted by atomic mass is 32.2. The van der Waals surface area contributed by atoms with E-state index >= 15 is 0 Å². The Bertz CT molecular complexity index is 662. The van der Waals surface area contributed by atoms with Gasteiger partial charge >= 0.3 is 12.2 Å². The Morgan fingerprint density at radius 2 is 1.91 bits per heavy atom. The number of aromatic nitrogens is 2. The molecule has 0 atom stereocenters. The SMILES string of the molecule is CSc1cc(C(F)(F)F)ccc1Oc1nccc(N(C)C)n1. The summed E-state index contributed by atoms with van der Waals surface area (Å²) in [4.78, 5) is 10.3. The van der Waals surface area contributed by atoms with Gasteiger partial charge in [0.2, 0.25) is 0 Å². The number of anilines is 1. The Balaban J connectivity index is 2.31. The molecule has 0 saturated carbocycles. The number of thioether (sulfide) groups is 1. The van der Waals surface area contributed by atoms with Crippen LogP contribution in [-0.4, -0.2) is 30.3 Å². The van der Waals surface area contributed by atoms with Crippen LogP contribution in [0.1, 0.15) is 5.56 Å². The van der Waals surface area contributed by atoms with Crippen LogP contribution in [0.5, 0.6) is 11.8 Å². The molecule has 0 aliphatic carbocycles. The molecule has 2 rings (SSSR count). The fourth-order valence-corrected chi connectivity index (χ4v) is 2.21. The lowest BCUT2D eigenvalue weighted by atomic mass is 10.2. The second-order valence-electron chi connectivity index (χ2n) is 4.56. The highest BCUT2D eigenvalue weighted by molar-refractivity contribution is 7.98. The van der Waals surface area contributed by atoms with Crippen molar-refractivity contribution in [2.24, 2.45) is 0 Å². The molecule has 0 unspecified atom stereocenters. The zero-order chi connectivity index (χ0) is 16.3. The van der Waals surface area contributed by atoms with Crippen LogP contribution in [0.4, 0.5) is 19.0 Å². The Morgan fingerprint density at radius 1 is 1.18 bits per heavy atom. The topological polar surface area (TPSA) is 38.2 Å². The van der Waals surface area contributed by atoms with Crippen molar-refractivity contribution in [3.8, 4) is 11.8 Å². The van der Waals surface area contributed by atoms with Gasteiger partial charge in [-0.2, -0.15) is 18.2 Å². The predicted octanol–water partition coefficient (Wildman–Crippen LogP) is 4.08. The molecule has 22 heavy (non-hydrogen) atoms. The summed E-state index contributed by atoms with van der Waals surface area (Å²) in [6, 6.07) is 5.09. The zero-order valence-corrected chi connectivity index (χ0v) is 13.0. The average molecular weight is 329 g/mol. The van der Waals surface area contributed by atoms with E-state index < -0.39 is 11.7 Å². The van der Waals surface area contributed by atoms with E-state index in [9.17, 15) is 13.2 Å². The van der Waals surface area contributed by atoms with Crippen molar-refractivity contribution in [1.29, 1.82) is 0 Å². The van der Waals surface area contributed by atoms with Crippen molar-refractivity contribution in [2.75, 3.05) is 25.3 Å². The fourth-order valence-electron chi connectivity index (χ4n) is 1.66. The minimum Gasteiger partial charge on any atom is -0.423 e. The van der Waals surface area contributed by atoms with Gasteiger partial charge in [0.15, 0.2) is 0 Å². The first-order valence-electron chi connectivity index (χ1n) is 6.24. The van der Waals surface area contributed by atoms with Crippen molar-refractivity contribution < 1.29 is 17.9 Å². The average Bonchev–Trinajstić information content (AvgIpc) is 2.46. The monoisotopic (exact) mass is 329 g/mol. The standard InChI is InChI=1S/C14H14F3N3OS/c1-20(2)12-6-7-18-13(19-12)21-10-5-4-9(14(15,16)17)8-11(10)22-3/h4-8H,1-3H3. The summed E-state index contributed by atoms with van der Waals surface area (Å²) in [6.45, 7) is 0. The van der Waals surface area contributed by atoms with Gasteiger partial charge in [-0.3, -0.25) is 0 Å². The van der Waals surface area contributed by atoms with Crippen LogP contribution in [-0.2, 0) is 6.18 Å². The van der Waals surface area contributed by atoms with E-state index in [1.165, 1.54) is 12.3 Å². The third-order valence-corrected chi connectivity index (χ3v) is 3.53. The summed E-state index contributed by atoms with van der Waals surface area (Å²) >= 11 is 1.16. The van der Waals surface area contributed by atoms with E-state index in [2.05, 4.69) is 9.97 Å². The number of hydrogen-bond acceptors (Lipinski definition) is 5. The number of ether oxygens (including phenoxy) is 1. The van der Waals surface area contributed by atoms with Gasteiger partial charge in [0.25, 0.3) is 0 Å². The zero-order valence-electron chi connectivity index (χ0n) is 12.2. The Morgan fingerprint density at radius 3 is 2.50 bits per heavy atom. The van der Waals surface area contributed by atoms with E-state index in [4.69, 9.17) is 4.74 Å². The van der Waals surface area contributed by atoms with Gasteiger partial charge in [0.05, 0.1) is 10.5 Å². The fraction of sp³-hybridized carbons (Fsp3) is 0.286. The lowest BCUT2D eigenvalue weighted by molar-refractivity contribution is -0.137. The molecule has 0 N–H and O–H groups in total. The van der Waals surface area contributed by atoms with E-state index in [0.717, 1.165) is 23.9 Å². The van der Waals surface area contributed by atoms with E-state index in [-0.39, 0.29) is 11.8 Å². The van der Waals surface area contributed by atoms with Gasteiger partial charge in [0, 0.05) is 20.3 Å². The molecule has 4 nitrogen and oxygen atoms in total. The second-order valence-corrected chi connectivity index (χ2v) is 5.41.